The number of aryl methyl sites for hydroxylation is 2. The lowest BCUT2D eigenvalue weighted by Crippen LogP contribution is -2.43. The molecule has 1 aliphatic carbocycles. The van der Waals surface area contributed by atoms with Gasteiger partial charge in [0.2, 0.25) is 0 Å². The second kappa shape index (κ2) is 6.50. The first kappa shape index (κ1) is 14.4. The summed E-state index contributed by atoms with van der Waals surface area (Å²) < 4.78 is 5.90. The third-order valence-electron chi connectivity index (χ3n) is 4.65. The van der Waals surface area contributed by atoms with Gasteiger partial charge in [-0.3, -0.25) is 4.79 Å². The van der Waals surface area contributed by atoms with Crippen LogP contribution in [0.25, 0.3) is 0 Å². The number of amides is 1. The molecule has 21 heavy (non-hydrogen) atoms. The molecule has 0 unspecified atom stereocenters. The minimum atomic E-state index is -0.384. The standard InChI is InChI=1S/C18H25NO2/c1-14(18(20)19-11-5-2-6-12-19)21-17-10-9-15-7-3-4-8-16(15)13-17/h9-10,13-14H,2-8,11-12H2,1H3/t14-/m0/s1. The van der Waals surface area contributed by atoms with Crippen molar-refractivity contribution < 1.29 is 9.53 Å². The summed E-state index contributed by atoms with van der Waals surface area (Å²) in [7, 11) is 0. The number of hydrogen-bond donors (Lipinski definition) is 0. The molecule has 1 aliphatic heterocycles. The van der Waals surface area contributed by atoms with Crippen molar-refractivity contribution in [1.82, 2.24) is 4.90 Å². The molecular weight excluding hydrogens is 262 g/mol. The van der Waals surface area contributed by atoms with Crippen LogP contribution in [0, 0.1) is 0 Å². The first-order valence-corrected chi connectivity index (χ1v) is 8.31. The van der Waals surface area contributed by atoms with Crippen molar-refractivity contribution in [1.29, 1.82) is 0 Å². The average Bonchev–Trinajstić information content (AvgIpc) is 2.55. The zero-order chi connectivity index (χ0) is 14.7. The Labute approximate surface area is 127 Å². The van der Waals surface area contributed by atoms with E-state index in [-0.39, 0.29) is 12.0 Å². The number of hydrogen-bond acceptors (Lipinski definition) is 2. The average molecular weight is 287 g/mol. The molecule has 0 aromatic heterocycles. The van der Waals surface area contributed by atoms with Gasteiger partial charge in [-0.25, -0.2) is 0 Å². The third-order valence-corrected chi connectivity index (χ3v) is 4.65. The van der Waals surface area contributed by atoms with Crippen LogP contribution in [0.5, 0.6) is 5.75 Å². The van der Waals surface area contributed by atoms with Crippen molar-refractivity contribution in [2.24, 2.45) is 0 Å². The molecule has 1 aromatic rings. The Morgan fingerprint density at radius 3 is 2.52 bits per heavy atom. The molecule has 0 saturated carbocycles. The molecule has 0 radical (unpaired) electrons. The summed E-state index contributed by atoms with van der Waals surface area (Å²) in [5.74, 6) is 0.973. The molecule has 3 heteroatoms. The second-order valence-electron chi connectivity index (χ2n) is 6.28. The number of nitrogens with zero attached hydrogens (tertiary/aromatic N) is 1. The SMILES string of the molecule is C[C@H](Oc1ccc2c(c1)CCCC2)C(=O)N1CCCCC1. The van der Waals surface area contributed by atoms with E-state index in [2.05, 4.69) is 12.1 Å². The molecule has 1 aromatic carbocycles. The predicted molar refractivity (Wildman–Crippen MR) is 83.6 cm³/mol. The minimum Gasteiger partial charge on any atom is -0.481 e. The number of rotatable bonds is 3. The van der Waals surface area contributed by atoms with Crippen LogP contribution in [-0.4, -0.2) is 30.0 Å². The molecule has 2 aliphatic rings. The molecule has 0 bridgehead atoms. The van der Waals surface area contributed by atoms with Gasteiger partial charge in [0.05, 0.1) is 0 Å². The molecule has 1 heterocycles. The maximum absolute atomic E-state index is 12.4. The summed E-state index contributed by atoms with van der Waals surface area (Å²) in [5, 5.41) is 0. The predicted octanol–water partition coefficient (Wildman–Crippen LogP) is 3.35. The molecule has 0 spiro atoms. The van der Waals surface area contributed by atoms with Crippen molar-refractivity contribution in [2.75, 3.05) is 13.1 Å². The van der Waals surface area contributed by atoms with Crippen molar-refractivity contribution in [3.05, 3.63) is 29.3 Å². The Morgan fingerprint density at radius 1 is 1.05 bits per heavy atom. The molecule has 1 saturated heterocycles. The number of carbonyl (C=O) groups is 1. The Morgan fingerprint density at radius 2 is 1.76 bits per heavy atom. The van der Waals surface area contributed by atoms with Gasteiger partial charge in [-0.15, -0.1) is 0 Å². The van der Waals surface area contributed by atoms with Gasteiger partial charge in [0, 0.05) is 13.1 Å². The Kier molecular flexibility index (Phi) is 4.47. The number of piperidine rings is 1. The zero-order valence-electron chi connectivity index (χ0n) is 12.9. The van der Waals surface area contributed by atoms with Gasteiger partial charge in [-0.1, -0.05) is 6.07 Å². The molecule has 3 nitrogen and oxygen atoms in total. The second-order valence-corrected chi connectivity index (χ2v) is 6.28. The lowest BCUT2D eigenvalue weighted by atomic mass is 9.92. The fourth-order valence-electron chi connectivity index (χ4n) is 3.41. The van der Waals surface area contributed by atoms with Crippen LogP contribution in [0.3, 0.4) is 0 Å². The maximum atomic E-state index is 12.4. The zero-order valence-corrected chi connectivity index (χ0v) is 12.9. The molecule has 0 N–H and O–H groups in total. The Hall–Kier alpha value is -1.51. The minimum absolute atomic E-state index is 0.132. The van der Waals surface area contributed by atoms with Gasteiger partial charge in [0.15, 0.2) is 6.10 Å². The van der Waals surface area contributed by atoms with Crippen LogP contribution in [0.15, 0.2) is 18.2 Å². The number of ether oxygens (including phenoxy) is 1. The fraction of sp³-hybridized carbons (Fsp3) is 0.611. The van der Waals surface area contributed by atoms with E-state index in [4.69, 9.17) is 4.74 Å². The smallest absolute Gasteiger partial charge is 0.263 e. The van der Waals surface area contributed by atoms with E-state index < -0.39 is 0 Å². The van der Waals surface area contributed by atoms with Crippen molar-refractivity contribution in [3.8, 4) is 5.75 Å². The molecule has 114 valence electrons. The van der Waals surface area contributed by atoms with E-state index in [1.54, 1.807) is 0 Å². The van der Waals surface area contributed by atoms with Gasteiger partial charge >= 0.3 is 0 Å². The number of carbonyl (C=O) groups excluding carboxylic acids is 1. The summed E-state index contributed by atoms with van der Waals surface area (Å²) in [6.45, 7) is 3.64. The van der Waals surface area contributed by atoms with Crippen LogP contribution in [0.2, 0.25) is 0 Å². The Bertz CT molecular complexity index is 506. The van der Waals surface area contributed by atoms with Crippen LogP contribution in [0.4, 0.5) is 0 Å². The highest BCUT2D eigenvalue weighted by atomic mass is 16.5. The first-order valence-electron chi connectivity index (χ1n) is 8.31. The summed E-state index contributed by atoms with van der Waals surface area (Å²) in [6.07, 6.45) is 7.97. The molecule has 1 fully saturated rings. The first-order chi connectivity index (χ1) is 10.2. The molecule has 1 amide bonds. The molecular formula is C18H25NO2. The van der Waals surface area contributed by atoms with E-state index in [9.17, 15) is 4.79 Å². The van der Waals surface area contributed by atoms with Crippen molar-refractivity contribution >= 4 is 5.91 Å². The third kappa shape index (κ3) is 3.39. The maximum Gasteiger partial charge on any atom is 0.263 e. The van der Waals surface area contributed by atoms with Gasteiger partial charge in [-0.05, 0) is 75.1 Å². The van der Waals surface area contributed by atoms with Gasteiger partial charge in [-0.2, -0.15) is 0 Å². The van der Waals surface area contributed by atoms with Gasteiger partial charge in [0.25, 0.3) is 5.91 Å². The normalized spacial score (nSPS) is 19.8. The van der Waals surface area contributed by atoms with Crippen molar-refractivity contribution in [3.63, 3.8) is 0 Å². The lowest BCUT2D eigenvalue weighted by Gasteiger charge is -2.29. The Balaban J connectivity index is 1.63. The lowest BCUT2D eigenvalue weighted by molar-refractivity contribution is -0.138. The summed E-state index contributed by atoms with van der Waals surface area (Å²) in [4.78, 5) is 14.3. The van der Waals surface area contributed by atoms with E-state index in [0.29, 0.717) is 0 Å². The topological polar surface area (TPSA) is 29.5 Å². The largest absolute Gasteiger partial charge is 0.481 e. The summed E-state index contributed by atoms with van der Waals surface area (Å²) in [6, 6.07) is 6.32. The van der Waals surface area contributed by atoms with Crippen LogP contribution in [0.1, 0.15) is 50.2 Å². The van der Waals surface area contributed by atoms with Crippen LogP contribution >= 0.6 is 0 Å². The van der Waals surface area contributed by atoms with E-state index >= 15 is 0 Å². The highest BCUT2D eigenvalue weighted by molar-refractivity contribution is 5.81. The highest BCUT2D eigenvalue weighted by Crippen LogP contribution is 2.26. The van der Waals surface area contributed by atoms with E-state index in [1.807, 2.05) is 17.9 Å². The fourth-order valence-corrected chi connectivity index (χ4v) is 3.41. The number of benzene rings is 1. The van der Waals surface area contributed by atoms with Crippen LogP contribution in [-0.2, 0) is 17.6 Å². The quantitative estimate of drug-likeness (QED) is 0.853. The number of fused-ring (bicyclic) bond motifs is 1. The van der Waals surface area contributed by atoms with Crippen LogP contribution < -0.4 is 4.74 Å². The van der Waals surface area contributed by atoms with Crippen molar-refractivity contribution in [2.45, 2.75) is 58.0 Å². The summed E-state index contributed by atoms with van der Waals surface area (Å²) >= 11 is 0. The number of likely N-dealkylation sites (tertiary alicyclic amines) is 1. The monoisotopic (exact) mass is 287 g/mol. The molecule has 1 atom stereocenters. The van der Waals surface area contributed by atoms with Gasteiger partial charge in [0.1, 0.15) is 5.75 Å². The van der Waals surface area contributed by atoms with Gasteiger partial charge < -0.3 is 9.64 Å². The van der Waals surface area contributed by atoms with E-state index in [0.717, 1.165) is 38.1 Å². The van der Waals surface area contributed by atoms with E-state index in [1.165, 1.54) is 36.8 Å². The molecule has 3 rings (SSSR count). The summed E-state index contributed by atoms with van der Waals surface area (Å²) in [5.41, 5.74) is 2.85. The highest BCUT2D eigenvalue weighted by Gasteiger charge is 2.23.